The Morgan fingerprint density at radius 2 is 2.05 bits per heavy atom. The number of aliphatic imine (C=N–C) groups is 1. The van der Waals surface area contributed by atoms with Gasteiger partial charge in [-0.25, -0.2) is 13.8 Å². The van der Waals surface area contributed by atoms with Crippen LogP contribution < -0.4 is 4.90 Å². The molecule has 0 heterocycles. The van der Waals surface area contributed by atoms with E-state index in [4.69, 9.17) is 0 Å². The Bertz CT molecular complexity index is 714. The molecule has 114 valence electrons. The molecular weight excluding hydrogens is 286 g/mol. The van der Waals surface area contributed by atoms with Gasteiger partial charge in [-0.15, -0.1) is 0 Å². The van der Waals surface area contributed by atoms with Gasteiger partial charge in [0.25, 0.3) is 0 Å². The third-order valence-corrected chi connectivity index (χ3v) is 3.34. The van der Waals surface area contributed by atoms with Gasteiger partial charge in [0.05, 0.1) is 5.69 Å². The minimum absolute atomic E-state index is 0.321. The second-order valence-electron chi connectivity index (χ2n) is 4.84. The molecule has 5 heteroatoms. The number of anilines is 1. The zero-order valence-corrected chi connectivity index (χ0v) is 12.4. The summed E-state index contributed by atoms with van der Waals surface area (Å²) in [6.07, 6.45) is 0.646. The first-order valence-electron chi connectivity index (χ1n) is 6.74. The molecule has 2 rings (SSSR count). The van der Waals surface area contributed by atoms with Crippen LogP contribution in [0.4, 0.5) is 20.2 Å². The number of rotatable bonds is 4. The minimum atomic E-state index is -0.632. The fourth-order valence-electron chi connectivity index (χ4n) is 2.00. The maximum Gasteiger partial charge on any atom is 0.152 e. The molecule has 2 aromatic rings. The molecule has 0 fully saturated rings. The van der Waals surface area contributed by atoms with E-state index in [0.717, 1.165) is 0 Å². The van der Waals surface area contributed by atoms with E-state index in [9.17, 15) is 13.6 Å². The lowest BCUT2D eigenvalue weighted by atomic mass is 10.1. The van der Waals surface area contributed by atoms with Gasteiger partial charge < -0.3 is 4.90 Å². The van der Waals surface area contributed by atoms with Crippen molar-refractivity contribution in [3.63, 3.8) is 0 Å². The summed E-state index contributed by atoms with van der Waals surface area (Å²) in [5.74, 6) is 0.250. The molecule has 0 amide bonds. The Balaban J connectivity index is 2.34. The van der Waals surface area contributed by atoms with Gasteiger partial charge in [0.1, 0.15) is 18.3 Å². The summed E-state index contributed by atoms with van der Waals surface area (Å²) in [6.45, 7) is 1.12. The van der Waals surface area contributed by atoms with Crippen molar-refractivity contribution in [3.05, 3.63) is 59.4 Å². The van der Waals surface area contributed by atoms with E-state index >= 15 is 0 Å². The fourth-order valence-corrected chi connectivity index (χ4v) is 2.00. The summed E-state index contributed by atoms with van der Waals surface area (Å²) >= 11 is 0. The lowest BCUT2D eigenvalue weighted by Crippen LogP contribution is -2.23. The molecule has 0 bridgehead atoms. The van der Waals surface area contributed by atoms with Gasteiger partial charge >= 0.3 is 0 Å². The molecule has 3 nitrogen and oxygen atoms in total. The molecule has 0 aromatic heterocycles. The lowest BCUT2D eigenvalue weighted by Gasteiger charge is -2.19. The number of benzene rings is 2. The molecule has 2 aromatic carbocycles. The summed E-state index contributed by atoms with van der Waals surface area (Å²) in [4.78, 5) is 17.2. The van der Waals surface area contributed by atoms with Crippen LogP contribution in [0.15, 0.2) is 47.5 Å². The molecule has 0 aliphatic rings. The molecule has 0 N–H and O–H groups in total. The molecule has 0 saturated carbocycles. The standard InChI is InChI=1S/C17H16F2N2O/c1-12(21(2)16-5-3-4-15(19)9-16)20-17-7-6-13(10-18)8-14(17)11-22/h3-9,11H,10H2,1-2H3/b20-12-. The highest BCUT2D eigenvalue weighted by atomic mass is 19.1. The lowest BCUT2D eigenvalue weighted by molar-refractivity contribution is 0.112. The second-order valence-corrected chi connectivity index (χ2v) is 4.84. The number of nitrogens with zero attached hydrogens (tertiary/aromatic N) is 2. The number of alkyl halides is 1. The monoisotopic (exact) mass is 302 g/mol. The van der Waals surface area contributed by atoms with Crippen molar-refractivity contribution in [2.24, 2.45) is 4.99 Å². The zero-order valence-electron chi connectivity index (χ0n) is 12.4. The highest BCUT2D eigenvalue weighted by Crippen LogP contribution is 2.22. The average Bonchev–Trinajstić information content (AvgIpc) is 2.54. The van der Waals surface area contributed by atoms with E-state index in [2.05, 4.69) is 4.99 Å². The molecule has 0 aliphatic carbocycles. The highest BCUT2D eigenvalue weighted by molar-refractivity contribution is 5.98. The Kier molecular flexibility index (Phi) is 4.99. The average molecular weight is 302 g/mol. The van der Waals surface area contributed by atoms with Crippen LogP contribution in [0.2, 0.25) is 0 Å². The van der Waals surface area contributed by atoms with Gasteiger partial charge in [-0.2, -0.15) is 0 Å². The number of amidine groups is 1. The van der Waals surface area contributed by atoms with Crippen molar-refractivity contribution in [2.45, 2.75) is 13.6 Å². The van der Waals surface area contributed by atoms with Gasteiger partial charge in [0.2, 0.25) is 0 Å². The number of halogens is 2. The van der Waals surface area contributed by atoms with Crippen molar-refractivity contribution in [3.8, 4) is 0 Å². The van der Waals surface area contributed by atoms with E-state index in [0.29, 0.717) is 34.6 Å². The molecule has 22 heavy (non-hydrogen) atoms. The molecule has 0 unspecified atom stereocenters. The van der Waals surface area contributed by atoms with Crippen molar-refractivity contribution in [1.82, 2.24) is 0 Å². The first-order valence-corrected chi connectivity index (χ1v) is 6.74. The van der Waals surface area contributed by atoms with Crippen LogP contribution in [0, 0.1) is 5.82 Å². The van der Waals surface area contributed by atoms with Crippen molar-refractivity contribution in [1.29, 1.82) is 0 Å². The number of carbonyl (C=O) groups excluding carboxylic acids is 1. The summed E-state index contributed by atoms with van der Waals surface area (Å²) in [7, 11) is 1.75. The third kappa shape index (κ3) is 3.55. The van der Waals surface area contributed by atoms with Crippen LogP contribution in [-0.2, 0) is 6.67 Å². The van der Waals surface area contributed by atoms with Gasteiger partial charge in [0.15, 0.2) is 6.29 Å². The molecular formula is C17H16F2N2O. The quantitative estimate of drug-likeness (QED) is 0.479. The van der Waals surface area contributed by atoms with Gasteiger partial charge in [0, 0.05) is 18.3 Å². The van der Waals surface area contributed by atoms with Crippen LogP contribution in [-0.4, -0.2) is 19.2 Å². The predicted octanol–water partition coefficient (Wildman–Crippen LogP) is 4.29. The van der Waals surface area contributed by atoms with Gasteiger partial charge in [-0.3, -0.25) is 4.79 Å². The SMILES string of the molecule is C/C(=N/c1ccc(CF)cc1C=O)N(C)c1cccc(F)c1. The fraction of sp³-hybridized carbons (Fsp3) is 0.176. The first-order chi connectivity index (χ1) is 10.5. The number of hydrogen-bond acceptors (Lipinski definition) is 2. The molecule has 0 aliphatic heterocycles. The van der Waals surface area contributed by atoms with Crippen molar-refractivity contribution < 1.29 is 13.6 Å². The summed E-state index contributed by atoms with van der Waals surface area (Å²) in [5, 5.41) is 0. The van der Waals surface area contributed by atoms with E-state index in [-0.39, 0.29) is 5.82 Å². The highest BCUT2D eigenvalue weighted by Gasteiger charge is 2.08. The van der Waals surface area contributed by atoms with Crippen molar-refractivity contribution in [2.75, 3.05) is 11.9 Å². The van der Waals surface area contributed by atoms with Crippen LogP contribution >= 0.6 is 0 Å². The topological polar surface area (TPSA) is 32.7 Å². The summed E-state index contributed by atoms with van der Waals surface area (Å²) in [5.41, 5.74) is 1.85. The maximum atomic E-state index is 13.3. The number of hydrogen-bond donors (Lipinski definition) is 0. The van der Waals surface area contributed by atoms with Gasteiger partial charge in [-0.05, 0) is 42.8 Å². The van der Waals surface area contributed by atoms with Gasteiger partial charge in [-0.1, -0.05) is 12.1 Å². The Hall–Kier alpha value is -2.56. The summed E-state index contributed by atoms with van der Waals surface area (Å²) < 4.78 is 25.9. The summed E-state index contributed by atoms with van der Waals surface area (Å²) in [6, 6.07) is 10.8. The van der Waals surface area contributed by atoms with E-state index < -0.39 is 6.67 Å². The van der Waals surface area contributed by atoms with E-state index in [1.807, 2.05) is 0 Å². The molecule has 0 radical (unpaired) electrons. The van der Waals surface area contributed by atoms with Crippen LogP contribution in [0.3, 0.4) is 0 Å². The molecule has 0 saturated heterocycles. The molecule has 0 spiro atoms. The third-order valence-electron chi connectivity index (χ3n) is 3.34. The van der Waals surface area contributed by atoms with Crippen LogP contribution in [0.1, 0.15) is 22.8 Å². The van der Waals surface area contributed by atoms with E-state index in [1.54, 1.807) is 43.1 Å². The number of aldehydes is 1. The Morgan fingerprint density at radius 1 is 1.27 bits per heavy atom. The predicted molar refractivity (Wildman–Crippen MR) is 84.2 cm³/mol. The Morgan fingerprint density at radius 3 is 2.68 bits per heavy atom. The van der Waals surface area contributed by atoms with E-state index in [1.165, 1.54) is 18.2 Å². The smallest absolute Gasteiger partial charge is 0.152 e. The molecule has 0 atom stereocenters. The largest absolute Gasteiger partial charge is 0.333 e. The normalized spacial score (nSPS) is 11.4. The Labute approximate surface area is 127 Å². The minimum Gasteiger partial charge on any atom is -0.333 e. The first kappa shape index (κ1) is 15.8. The van der Waals surface area contributed by atoms with Crippen LogP contribution in [0.25, 0.3) is 0 Å². The maximum absolute atomic E-state index is 13.3. The second kappa shape index (κ2) is 6.93. The van der Waals surface area contributed by atoms with Crippen LogP contribution in [0.5, 0.6) is 0 Å². The zero-order chi connectivity index (χ0) is 16.1. The van der Waals surface area contributed by atoms with Crippen molar-refractivity contribution >= 4 is 23.5 Å². The number of carbonyl (C=O) groups is 1.